The number of carbonyl (C=O) groups excluding carboxylic acids is 1. The van der Waals surface area contributed by atoms with Crippen LogP contribution in [-0.2, 0) is 0 Å². The number of amides is 1. The molecule has 150 valence electrons. The largest absolute Gasteiger partial charge is 0.496 e. The molecule has 1 aliphatic rings. The van der Waals surface area contributed by atoms with Crippen LogP contribution in [0.5, 0.6) is 5.75 Å². The van der Waals surface area contributed by atoms with E-state index in [-0.39, 0.29) is 5.91 Å². The second-order valence-electron chi connectivity index (χ2n) is 7.36. The van der Waals surface area contributed by atoms with Crippen molar-refractivity contribution in [2.45, 2.75) is 25.2 Å². The molecule has 3 aromatic rings. The summed E-state index contributed by atoms with van der Waals surface area (Å²) in [5.74, 6) is 1.03. The minimum absolute atomic E-state index is 0.0143. The van der Waals surface area contributed by atoms with Crippen LogP contribution >= 0.6 is 11.6 Å². The van der Waals surface area contributed by atoms with Crippen LogP contribution in [0.4, 0.5) is 0 Å². The molecule has 0 spiro atoms. The van der Waals surface area contributed by atoms with E-state index in [0.717, 1.165) is 42.1 Å². The second-order valence-corrected chi connectivity index (χ2v) is 7.80. The van der Waals surface area contributed by atoms with Gasteiger partial charge < -0.3 is 9.64 Å². The Morgan fingerprint density at radius 2 is 1.97 bits per heavy atom. The van der Waals surface area contributed by atoms with Crippen molar-refractivity contribution in [3.8, 4) is 17.0 Å². The van der Waals surface area contributed by atoms with E-state index >= 15 is 0 Å². The quantitative estimate of drug-likeness (QED) is 0.648. The lowest BCUT2D eigenvalue weighted by Gasteiger charge is -2.24. The Hall–Kier alpha value is -2.79. The van der Waals surface area contributed by atoms with Crippen molar-refractivity contribution in [1.82, 2.24) is 15.1 Å². The normalized spacial score (nSPS) is 17.0. The Labute approximate surface area is 175 Å². The molecule has 0 radical (unpaired) electrons. The standard InChI is InChI=1S/C23H24ClN3O2/c1-29-22-8-3-2-7-19(22)20-14-21(26-25-20)23(28)27-13-5-4-6-17(15-27)16-9-11-18(24)12-10-16/h2-3,7-12,14,17H,4-6,13,15H2,1H3,(H,25,26)/t17-/m0/s1. The maximum atomic E-state index is 13.2. The summed E-state index contributed by atoms with van der Waals surface area (Å²) >= 11 is 6.03. The molecule has 1 atom stereocenters. The fourth-order valence-electron chi connectivity index (χ4n) is 3.93. The molecule has 4 rings (SSSR count). The van der Waals surface area contributed by atoms with Gasteiger partial charge in [-0.25, -0.2) is 0 Å². The number of likely N-dealkylation sites (tertiary alicyclic amines) is 1. The van der Waals surface area contributed by atoms with Crippen LogP contribution in [0.25, 0.3) is 11.3 Å². The topological polar surface area (TPSA) is 58.2 Å². The Kier molecular flexibility index (Phi) is 5.86. The zero-order valence-electron chi connectivity index (χ0n) is 16.4. The first kappa shape index (κ1) is 19.5. The number of rotatable bonds is 4. The van der Waals surface area contributed by atoms with Gasteiger partial charge >= 0.3 is 0 Å². The number of nitrogens with one attached hydrogen (secondary N) is 1. The van der Waals surface area contributed by atoms with Gasteiger partial charge in [-0.15, -0.1) is 0 Å². The summed E-state index contributed by atoms with van der Waals surface area (Å²) in [7, 11) is 1.63. The van der Waals surface area contributed by atoms with Crippen LogP contribution in [0.2, 0.25) is 5.02 Å². The summed E-state index contributed by atoms with van der Waals surface area (Å²) in [6.07, 6.45) is 3.18. The third-order valence-corrected chi connectivity index (χ3v) is 5.74. The average Bonchev–Trinajstić information content (AvgIpc) is 3.12. The van der Waals surface area contributed by atoms with E-state index < -0.39 is 0 Å². The first-order valence-electron chi connectivity index (χ1n) is 9.89. The van der Waals surface area contributed by atoms with Crippen molar-refractivity contribution in [3.05, 3.63) is 70.9 Å². The van der Waals surface area contributed by atoms with Crippen molar-refractivity contribution >= 4 is 17.5 Å². The molecule has 29 heavy (non-hydrogen) atoms. The number of aromatic amines is 1. The number of aromatic nitrogens is 2. The molecule has 0 unspecified atom stereocenters. The maximum absolute atomic E-state index is 13.2. The Bertz CT molecular complexity index is 984. The monoisotopic (exact) mass is 409 g/mol. The van der Waals surface area contributed by atoms with Gasteiger partial charge in [-0.1, -0.05) is 42.3 Å². The first-order valence-corrected chi connectivity index (χ1v) is 10.3. The zero-order valence-corrected chi connectivity index (χ0v) is 17.2. The molecule has 0 saturated carbocycles. The lowest BCUT2D eigenvalue weighted by atomic mass is 9.94. The van der Waals surface area contributed by atoms with Gasteiger partial charge in [-0.2, -0.15) is 5.10 Å². The third-order valence-electron chi connectivity index (χ3n) is 5.49. The minimum atomic E-state index is -0.0143. The molecule has 1 N–H and O–H groups in total. The lowest BCUT2D eigenvalue weighted by Crippen LogP contribution is -2.34. The molecule has 0 bridgehead atoms. The van der Waals surface area contributed by atoms with Crippen LogP contribution in [0.3, 0.4) is 0 Å². The van der Waals surface area contributed by atoms with E-state index in [1.54, 1.807) is 7.11 Å². The van der Waals surface area contributed by atoms with E-state index in [1.165, 1.54) is 5.56 Å². The molecular weight excluding hydrogens is 386 g/mol. The third kappa shape index (κ3) is 4.30. The summed E-state index contributed by atoms with van der Waals surface area (Å²) in [6, 6.07) is 17.4. The predicted molar refractivity (Wildman–Crippen MR) is 115 cm³/mol. The number of benzene rings is 2. The molecule has 1 fully saturated rings. The number of H-pyrrole nitrogens is 1. The lowest BCUT2D eigenvalue weighted by molar-refractivity contribution is 0.0748. The van der Waals surface area contributed by atoms with E-state index in [1.807, 2.05) is 47.4 Å². The van der Waals surface area contributed by atoms with Crippen molar-refractivity contribution in [2.75, 3.05) is 20.2 Å². The van der Waals surface area contributed by atoms with Gasteiger partial charge in [0.25, 0.3) is 5.91 Å². The molecule has 1 saturated heterocycles. The minimum Gasteiger partial charge on any atom is -0.496 e. The van der Waals surface area contributed by atoms with Crippen molar-refractivity contribution in [1.29, 1.82) is 0 Å². The molecule has 1 aromatic heterocycles. The summed E-state index contributed by atoms with van der Waals surface area (Å²) in [5.41, 5.74) is 3.30. The predicted octanol–water partition coefficient (Wildman–Crippen LogP) is 5.15. The van der Waals surface area contributed by atoms with Crippen molar-refractivity contribution in [3.63, 3.8) is 0 Å². The molecule has 1 aliphatic heterocycles. The van der Waals surface area contributed by atoms with E-state index in [4.69, 9.17) is 16.3 Å². The van der Waals surface area contributed by atoms with Crippen molar-refractivity contribution in [2.24, 2.45) is 0 Å². The smallest absolute Gasteiger partial charge is 0.271 e. The van der Waals surface area contributed by atoms with Gasteiger partial charge in [0.05, 0.1) is 12.8 Å². The highest BCUT2D eigenvalue weighted by molar-refractivity contribution is 6.30. The highest BCUT2D eigenvalue weighted by Crippen LogP contribution is 2.30. The Morgan fingerprint density at radius 1 is 1.17 bits per heavy atom. The number of nitrogens with zero attached hydrogens (tertiary/aromatic N) is 2. The number of para-hydroxylation sites is 1. The Balaban J connectivity index is 1.54. The number of hydrogen-bond donors (Lipinski definition) is 1. The SMILES string of the molecule is COc1ccccc1-c1cc(C(=O)N2CCCC[C@H](c3ccc(Cl)cc3)C2)[nH]n1. The van der Waals surface area contributed by atoms with Gasteiger partial charge in [0.15, 0.2) is 0 Å². The van der Waals surface area contributed by atoms with Crippen LogP contribution < -0.4 is 4.74 Å². The van der Waals surface area contributed by atoms with Gasteiger partial charge in [0, 0.05) is 29.6 Å². The summed E-state index contributed by atoms with van der Waals surface area (Å²) in [6.45, 7) is 1.45. The van der Waals surface area contributed by atoms with E-state index in [2.05, 4.69) is 22.3 Å². The second kappa shape index (κ2) is 8.70. The molecule has 2 heterocycles. The summed E-state index contributed by atoms with van der Waals surface area (Å²) in [5, 5.41) is 8.01. The van der Waals surface area contributed by atoms with E-state index in [0.29, 0.717) is 23.9 Å². The maximum Gasteiger partial charge on any atom is 0.271 e. The fourth-order valence-corrected chi connectivity index (χ4v) is 4.06. The van der Waals surface area contributed by atoms with Crippen LogP contribution in [0.1, 0.15) is 41.2 Å². The van der Waals surface area contributed by atoms with Gasteiger partial charge in [-0.05, 0) is 48.7 Å². The molecule has 1 amide bonds. The van der Waals surface area contributed by atoms with E-state index in [9.17, 15) is 4.79 Å². The highest BCUT2D eigenvalue weighted by atomic mass is 35.5. The summed E-state index contributed by atoms with van der Waals surface area (Å²) in [4.78, 5) is 15.1. The van der Waals surface area contributed by atoms with Crippen molar-refractivity contribution < 1.29 is 9.53 Å². The number of hydrogen-bond acceptors (Lipinski definition) is 3. The molecule has 0 aliphatic carbocycles. The first-order chi connectivity index (χ1) is 14.2. The average molecular weight is 410 g/mol. The Morgan fingerprint density at radius 3 is 2.76 bits per heavy atom. The van der Waals surface area contributed by atoms with Crippen LogP contribution in [-0.4, -0.2) is 41.2 Å². The molecule has 5 nitrogen and oxygen atoms in total. The summed E-state index contributed by atoms with van der Waals surface area (Å²) < 4.78 is 5.42. The van der Waals surface area contributed by atoms with Crippen LogP contribution in [0, 0.1) is 0 Å². The highest BCUT2D eigenvalue weighted by Gasteiger charge is 2.25. The fraction of sp³-hybridized carbons (Fsp3) is 0.304. The number of methoxy groups -OCH3 is 1. The van der Waals surface area contributed by atoms with Crippen LogP contribution in [0.15, 0.2) is 54.6 Å². The van der Waals surface area contributed by atoms with Gasteiger partial charge in [0.2, 0.25) is 0 Å². The molecular formula is C23H24ClN3O2. The number of halogens is 1. The zero-order chi connectivity index (χ0) is 20.2. The van der Waals surface area contributed by atoms with Gasteiger partial charge in [-0.3, -0.25) is 9.89 Å². The number of carbonyl (C=O) groups is 1. The van der Waals surface area contributed by atoms with Gasteiger partial charge in [0.1, 0.15) is 11.4 Å². The molecule has 6 heteroatoms. The molecule has 2 aromatic carbocycles. The number of ether oxygens (including phenoxy) is 1.